The summed E-state index contributed by atoms with van der Waals surface area (Å²) in [4.78, 5) is 2.12. The first-order valence-electron chi connectivity index (χ1n) is 7.41. The van der Waals surface area contributed by atoms with Crippen molar-refractivity contribution in [2.75, 3.05) is 25.6 Å². The van der Waals surface area contributed by atoms with Crippen molar-refractivity contribution < 1.29 is 14.6 Å². The van der Waals surface area contributed by atoms with E-state index in [-0.39, 0.29) is 11.5 Å². The number of aliphatic hydroxyl groups is 1. The smallest absolute Gasteiger partial charge is 0.142 e. The molecule has 0 bridgehead atoms. The molecule has 1 fully saturated rings. The van der Waals surface area contributed by atoms with Crippen LogP contribution in [0.3, 0.4) is 0 Å². The molecule has 1 aliphatic heterocycles. The summed E-state index contributed by atoms with van der Waals surface area (Å²) < 4.78 is 11.5. The molecule has 0 radical (unpaired) electrons. The van der Waals surface area contributed by atoms with E-state index in [2.05, 4.69) is 4.90 Å². The van der Waals surface area contributed by atoms with E-state index in [1.165, 1.54) is 0 Å². The van der Waals surface area contributed by atoms with E-state index in [0.29, 0.717) is 6.54 Å². The molecule has 21 heavy (non-hydrogen) atoms. The minimum atomic E-state index is -0.518. The van der Waals surface area contributed by atoms with Gasteiger partial charge in [-0.1, -0.05) is 12.1 Å². The highest BCUT2D eigenvalue weighted by Crippen LogP contribution is 2.43. The first-order chi connectivity index (χ1) is 9.69. The van der Waals surface area contributed by atoms with Gasteiger partial charge in [0.15, 0.2) is 0 Å². The second-order valence-corrected chi connectivity index (χ2v) is 6.91. The number of nitrogens with zero attached hydrogens (tertiary/aromatic N) is 1. The molecule has 0 aromatic heterocycles. The number of para-hydroxylation sites is 2. The number of hydrogen-bond acceptors (Lipinski definition) is 4. The predicted octanol–water partition coefficient (Wildman–Crippen LogP) is 2.70. The molecule has 0 amide bonds. The van der Waals surface area contributed by atoms with Gasteiger partial charge in [-0.15, -0.1) is 0 Å². The van der Waals surface area contributed by atoms with Crippen LogP contribution < -0.4 is 9.64 Å². The molecule has 2 atom stereocenters. The largest absolute Gasteiger partial charge is 0.495 e. The average Bonchev–Trinajstić information content (AvgIpc) is 2.56. The topological polar surface area (TPSA) is 41.9 Å². The Hall–Kier alpha value is -1.26. The van der Waals surface area contributed by atoms with E-state index in [1.54, 1.807) is 7.11 Å². The number of benzene rings is 1. The number of rotatable bonds is 4. The van der Waals surface area contributed by atoms with Crippen molar-refractivity contribution in [3.8, 4) is 5.75 Å². The third-order valence-electron chi connectivity index (χ3n) is 4.48. The van der Waals surface area contributed by atoms with Crippen LogP contribution in [0, 0.1) is 5.92 Å². The predicted molar refractivity (Wildman–Crippen MR) is 85.0 cm³/mol. The highest BCUT2D eigenvalue weighted by atomic mass is 16.5. The van der Waals surface area contributed by atoms with Crippen molar-refractivity contribution in [1.29, 1.82) is 0 Å². The minimum absolute atomic E-state index is 0.0300. The zero-order valence-corrected chi connectivity index (χ0v) is 13.9. The Balaban J connectivity index is 2.21. The lowest BCUT2D eigenvalue weighted by Crippen LogP contribution is -2.42. The molecule has 0 spiro atoms. The van der Waals surface area contributed by atoms with Crippen LogP contribution in [0.2, 0.25) is 0 Å². The van der Waals surface area contributed by atoms with E-state index in [1.807, 2.05) is 59.0 Å². The second-order valence-electron chi connectivity index (χ2n) is 6.91. The van der Waals surface area contributed by atoms with Crippen molar-refractivity contribution in [2.24, 2.45) is 5.92 Å². The molecule has 1 aromatic rings. The van der Waals surface area contributed by atoms with Crippen LogP contribution in [0.25, 0.3) is 0 Å². The normalized spacial score (nSPS) is 26.6. The summed E-state index contributed by atoms with van der Waals surface area (Å²) in [6.45, 7) is 8.69. The summed E-state index contributed by atoms with van der Waals surface area (Å²) in [6, 6.07) is 7.92. The number of hydrogen-bond donors (Lipinski definition) is 1. The van der Waals surface area contributed by atoms with Gasteiger partial charge in [0.25, 0.3) is 0 Å². The SMILES string of the molecule is COc1ccccc1N(C)CC1C(O)C(C)(C)OC1(C)C. The second kappa shape index (κ2) is 5.50. The van der Waals surface area contributed by atoms with Crippen molar-refractivity contribution in [2.45, 2.75) is 45.0 Å². The summed E-state index contributed by atoms with van der Waals surface area (Å²) in [5.41, 5.74) is 0.141. The van der Waals surface area contributed by atoms with Gasteiger partial charge < -0.3 is 19.5 Å². The van der Waals surface area contributed by atoms with Crippen LogP contribution in [0.1, 0.15) is 27.7 Å². The highest BCUT2D eigenvalue weighted by molar-refractivity contribution is 5.58. The Kier molecular flexibility index (Phi) is 4.22. The van der Waals surface area contributed by atoms with Crippen LogP contribution >= 0.6 is 0 Å². The Morgan fingerprint density at radius 3 is 2.33 bits per heavy atom. The standard InChI is InChI=1S/C17H27NO3/c1-16(2)12(15(19)17(3,4)21-16)11-18(5)13-9-7-8-10-14(13)20-6/h7-10,12,15,19H,11H2,1-6H3. The Bertz CT molecular complexity index is 499. The van der Waals surface area contributed by atoms with E-state index >= 15 is 0 Å². The molecule has 0 aliphatic carbocycles. The molecule has 2 rings (SSSR count). The van der Waals surface area contributed by atoms with Crippen molar-refractivity contribution in [3.05, 3.63) is 24.3 Å². The van der Waals surface area contributed by atoms with Gasteiger partial charge in [0.2, 0.25) is 0 Å². The molecule has 2 unspecified atom stereocenters. The zero-order chi connectivity index (χ0) is 15.8. The van der Waals surface area contributed by atoms with Crippen LogP contribution in [-0.4, -0.2) is 43.1 Å². The van der Waals surface area contributed by atoms with Gasteiger partial charge in [-0.05, 0) is 39.8 Å². The average molecular weight is 293 g/mol. The maximum absolute atomic E-state index is 10.6. The fourth-order valence-corrected chi connectivity index (χ4v) is 3.34. The Morgan fingerprint density at radius 1 is 1.19 bits per heavy atom. The number of methoxy groups -OCH3 is 1. The van der Waals surface area contributed by atoms with Gasteiger partial charge in [0.1, 0.15) is 5.75 Å². The molecule has 1 N–H and O–H groups in total. The van der Waals surface area contributed by atoms with E-state index in [0.717, 1.165) is 11.4 Å². The van der Waals surface area contributed by atoms with Crippen molar-refractivity contribution >= 4 is 5.69 Å². The van der Waals surface area contributed by atoms with Crippen molar-refractivity contribution in [3.63, 3.8) is 0 Å². The summed E-state index contributed by atoms with van der Waals surface area (Å²) >= 11 is 0. The summed E-state index contributed by atoms with van der Waals surface area (Å²) in [7, 11) is 3.69. The number of anilines is 1. The fourth-order valence-electron chi connectivity index (χ4n) is 3.34. The third kappa shape index (κ3) is 3.01. The van der Waals surface area contributed by atoms with Crippen LogP contribution in [0.4, 0.5) is 5.69 Å². The molecular weight excluding hydrogens is 266 g/mol. The van der Waals surface area contributed by atoms with E-state index < -0.39 is 11.7 Å². The van der Waals surface area contributed by atoms with Crippen LogP contribution in [0.15, 0.2) is 24.3 Å². The molecule has 4 nitrogen and oxygen atoms in total. The number of aliphatic hydroxyl groups excluding tert-OH is 1. The quantitative estimate of drug-likeness (QED) is 0.927. The first kappa shape index (κ1) is 16.1. The molecular formula is C17H27NO3. The lowest BCUT2D eigenvalue weighted by atomic mass is 9.84. The zero-order valence-electron chi connectivity index (χ0n) is 13.9. The first-order valence-corrected chi connectivity index (χ1v) is 7.41. The highest BCUT2D eigenvalue weighted by Gasteiger charge is 2.53. The Labute approximate surface area is 127 Å². The van der Waals surface area contributed by atoms with Crippen molar-refractivity contribution in [1.82, 2.24) is 0 Å². The molecule has 118 valence electrons. The lowest BCUT2D eigenvalue weighted by Gasteiger charge is -2.32. The summed E-state index contributed by atoms with van der Waals surface area (Å²) in [6.07, 6.45) is -0.496. The molecule has 1 heterocycles. The van der Waals surface area contributed by atoms with Gasteiger partial charge in [0, 0.05) is 19.5 Å². The van der Waals surface area contributed by atoms with Gasteiger partial charge in [-0.3, -0.25) is 0 Å². The molecule has 1 saturated heterocycles. The van der Waals surface area contributed by atoms with Gasteiger partial charge in [0.05, 0.1) is 30.1 Å². The number of ether oxygens (including phenoxy) is 2. The minimum Gasteiger partial charge on any atom is -0.495 e. The summed E-state index contributed by atoms with van der Waals surface area (Å²) in [5.74, 6) is 0.868. The van der Waals surface area contributed by atoms with Gasteiger partial charge in [-0.25, -0.2) is 0 Å². The van der Waals surface area contributed by atoms with Crippen LogP contribution in [-0.2, 0) is 4.74 Å². The molecule has 1 aromatic carbocycles. The molecule has 4 heteroatoms. The van der Waals surface area contributed by atoms with Gasteiger partial charge >= 0.3 is 0 Å². The molecule has 0 saturated carbocycles. The third-order valence-corrected chi connectivity index (χ3v) is 4.48. The molecule has 1 aliphatic rings. The lowest BCUT2D eigenvalue weighted by molar-refractivity contribution is -0.0906. The summed E-state index contributed by atoms with van der Waals surface area (Å²) in [5, 5.41) is 10.6. The Morgan fingerprint density at radius 2 is 1.81 bits per heavy atom. The monoisotopic (exact) mass is 293 g/mol. The van der Waals surface area contributed by atoms with E-state index in [9.17, 15) is 5.11 Å². The maximum Gasteiger partial charge on any atom is 0.142 e. The van der Waals surface area contributed by atoms with Crippen LogP contribution in [0.5, 0.6) is 5.75 Å². The maximum atomic E-state index is 10.6. The van der Waals surface area contributed by atoms with E-state index in [4.69, 9.17) is 9.47 Å². The van der Waals surface area contributed by atoms with Gasteiger partial charge in [-0.2, -0.15) is 0 Å². The fraction of sp³-hybridized carbons (Fsp3) is 0.647.